The molecule has 0 unspecified atom stereocenters. The highest BCUT2D eigenvalue weighted by molar-refractivity contribution is 5.94. The first-order chi connectivity index (χ1) is 11.3. The van der Waals surface area contributed by atoms with Crippen LogP contribution in [-0.4, -0.2) is 47.0 Å². The molecule has 0 spiro atoms. The molecule has 6 heteroatoms. The third kappa shape index (κ3) is 3.84. The largest absolute Gasteiger partial charge is 0.437 e. The monoisotopic (exact) mass is 312 g/mol. The normalized spacial score (nSPS) is 15.4. The zero-order valence-corrected chi connectivity index (χ0v) is 13.1. The molecule has 1 aromatic heterocycles. The van der Waals surface area contributed by atoms with Gasteiger partial charge in [0, 0.05) is 37.1 Å². The van der Waals surface area contributed by atoms with E-state index in [-0.39, 0.29) is 5.91 Å². The van der Waals surface area contributed by atoms with E-state index in [0.717, 1.165) is 25.9 Å². The Labute approximate surface area is 135 Å². The van der Waals surface area contributed by atoms with E-state index in [4.69, 9.17) is 4.74 Å². The number of ether oxygens (including phenoxy) is 1. The summed E-state index contributed by atoms with van der Waals surface area (Å²) in [6.07, 6.45) is 6.66. The Morgan fingerprint density at radius 3 is 2.83 bits per heavy atom. The van der Waals surface area contributed by atoms with Gasteiger partial charge in [0.05, 0.1) is 6.20 Å². The van der Waals surface area contributed by atoms with E-state index >= 15 is 0 Å². The lowest BCUT2D eigenvalue weighted by Gasteiger charge is -2.31. The maximum atomic E-state index is 12.6. The van der Waals surface area contributed by atoms with Crippen molar-refractivity contribution in [1.29, 1.82) is 0 Å². The highest BCUT2D eigenvalue weighted by Gasteiger charge is 2.22. The highest BCUT2D eigenvalue weighted by atomic mass is 16.5. The third-order valence-electron chi connectivity index (χ3n) is 4.03. The van der Waals surface area contributed by atoms with E-state index in [1.807, 2.05) is 24.1 Å². The summed E-state index contributed by atoms with van der Waals surface area (Å²) in [5.74, 6) is 1.04. The number of likely N-dealkylation sites (tertiary alicyclic amines) is 1. The van der Waals surface area contributed by atoms with Crippen molar-refractivity contribution >= 4 is 5.91 Å². The second kappa shape index (κ2) is 7.19. The summed E-state index contributed by atoms with van der Waals surface area (Å²) >= 11 is 0. The molecule has 2 heterocycles. The van der Waals surface area contributed by atoms with Crippen LogP contribution in [0, 0.1) is 0 Å². The Kier molecular flexibility index (Phi) is 4.83. The van der Waals surface area contributed by atoms with Crippen molar-refractivity contribution in [2.75, 3.05) is 20.1 Å². The highest BCUT2D eigenvalue weighted by Crippen LogP contribution is 2.21. The van der Waals surface area contributed by atoms with Gasteiger partial charge in [0.1, 0.15) is 5.75 Å². The number of carbonyl (C=O) groups excluding carboxylic acids is 1. The number of amides is 1. The summed E-state index contributed by atoms with van der Waals surface area (Å²) in [7, 11) is 1.97. The van der Waals surface area contributed by atoms with Crippen molar-refractivity contribution in [2.24, 2.45) is 0 Å². The van der Waals surface area contributed by atoms with Gasteiger partial charge in [-0.25, -0.2) is 4.98 Å². The predicted octanol–water partition coefficient (Wildman–Crippen LogP) is 2.09. The van der Waals surface area contributed by atoms with Crippen LogP contribution >= 0.6 is 0 Å². The lowest BCUT2D eigenvalue weighted by atomic mass is 10.0. The van der Waals surface area contributed by atoms with E-state index < -0.39 is 0 Å². The van der Waals surface area contributed by atoms with Crippen LogP contribution in [0.1, 0.15) is 23.2 Å². The lowest BCUT2D eigenvalue weighted by molar-refractivity contribution is 0.0707. The summed E-state index contributed by atoms with van der Waals surface area (Å²) in [5, 5.41) is 3.27. The van der Waals surface area contributed by atoms with Crippen molar-refractivity contribution in [3.8, 4) is 11.6 Å². The zero-order chi connectivity index (χ0) is 16.1. The van der Waals surface area contributed by atoms with Crippen molar-refractivity contribution in [1.82, 2.24) is 20.2 Å². The van der Waals surface area contributed by atoms with Crippen molar-refractivity contribution in [3.63, 3.8) is 0 Å². The smallest absolute Gasteiger partial charge is 0.253 e. The summed E-state index contributed by atoms with van der Waals surface area (Å²) in [4.78, 5) is 22.5. The van der Waals surface area contributed by atoms with Crippen LogP contribution in [0.25, 0.3) is 0 Å². The van der Waals surface area contributed by atoms with Gasteiger partial charge in [-0.15, -0.1) is 0 Å². The lowest BCUT2D eigenvalue weighted by Crippen LogP contribution is -2.43. The van der Waals surface area contributed by atoms with Gasteiger partial charge in [-0.3, -0.25) is 9.78 Å². The van der Waals surface area contributed by atoms with Crippen LogP contribution in [0.5, 0.6) is 11.6 Å². The Bertz CT molecular complexity index is 655. The predicted molar refractivity (Wildman–Crippen MR) is 86.5 cm³/mol. The van der Waals surface area contributed by atoms with Crippen LogP contribution < -0.4 is 10.1 Å². The number of hydrogen-bond acceptors (Lipinski definition) is 5. The molecule has 0 radical (unpaired) electrons. The SMILES string of the molecule is CNC1CCN(C(=O)c2cccc(Oc3cnccn3)c2)CC1. The van der Waals surface area contributed by atoms with Gasteiger partial charge in [0.25, 0.3) is 5.91 Å². The molecule has 3 rings (SSSR count). The summed E-state index contributed by atoms with van der Waals surface area (Å²) in [6, 6.07) is 7.69. The number of hydrogen-bond donors (Lipinski definition) is 1. The molecule has 1 aliphatic rings. The standard InChI is InChI=1S/C17H20N4O2/c1-18-14-5-9-21(10-6-14)17(22)13-3-2-4-15(11-13)23-16-12-19-7-8-20-16/h2-4,7-8,11-12,14,18H,5-6,9-10H2,1H3. The quantitative estimate of drug-likeness (QED) is 0.936. The molecule has 2 aromatic rings. The molecule has 6 nitrogen and oxygen atoms in total. The number of nitrogens with zero attached hydrogens (tertiary/aromatic N) is 3. The van der Waals surface area contributed by atoms with E-state index in [1.54, 1.807) is 24.5 Å². The van der Waals surface area contributed by atoms with Gasteiger partial charge in [-0.05, 0) is 38.1 Å². The second-order valence-electron chi connectivity index (χ2n) is 5.53. The maximum absolute atomic E-state index is 12.6. The van der Waals surface area contributed by atoms with Crippen molar-refractivity contribution < 1.29 is 9.53 Å². The molecule has 0 atom stereocenters. The summed E-state index contributed by atoms with van der Waals surface area (Å²) in [5.41, 5.74) is 0.634. The van der Waals surface area contributed by atoms with Crippen LogP contribution in [-0.2, 0) is 0 Å². The van der Waals surface area contributed by atoms with E-state index in [2.05, 4.69) is 15.3 Å². The van der Waals surface area contributed by atoms with Crippen LogP contribution in [0.3, 0.4) is 0 Å². The van der Waals surface area contributed by atoms with Gasteiger partial charge in [0.15, 0.2) is 0 Å². The molecule has 1 aliphatic heterocycles. The molecule has 0 aliphatic carbocycles. The fourth-order valence-corrected chi connectivity index (χ4v) is 2.71. The Morgan fingerprint density at radius 2 is 2.13 bits per heavy atom. The Balaban J connectivity index is 1.68. The fourth-order valence-electron chi connectivity index (χ4n) is 2.71. The minimum atomic E-state index is 0.0455. The van der Waals surface area contributed by atoms with E-state index in [9.17, 15) is 4.79 Å². The number of aromatic nitrogens is 2. The number of nitrogens with one attached hydrogen (secondary N) is 1. The summed E-state index contributed by atoms with van der Waals surface area (Å²) < 4.78 is 5.64. The minimum Gasteiger partial charge on any atom is -0.437 e. The maximum Gasteiger partial charge on any atom is 0.253 e. The topological polar surface area (TPSA) is 67.4 Å². The molecule has 23 heavy (non-hydrogen) atoms. The molecular formula is C17H20N4O2. The molecule has 1 amide bonds. The summed E-state index contributed by atoms with van der Waals surface area (Å²) in [6.45, 7) is 1.55. The minimum absolute atomic E-state index is 0.0455. The third-order valence-corrected chi connectivity index (χ3v) is 4.03. The first-order valence-electron chi connectivity index (χ1n) is 7.77. The Morgan fingerprint density at radius 1 is 1.30 bits per heavy atom. The molecular weight excluding hydrogens is 292 g/mol. The first kappa shape index (κ1) is 15.4. The average Bonchev–Trinajstić information content (AvgIpc) is 2.62. The fraction of sp³-hybridized carbons (Fsp3) is 0.353. The van der Waals surface area contributed by atoms with Crippen LogP contribution in [0.15, 0.2) is 42.9 Å². The van der Waals surface area contributed by atoms with Gasteiger partial charge in [-0.1, -0.05) is 6.07 Å². The van der Waals surface area contributed by atoms with E-state index in [0.29, 0.717) is 23.2 Å². The molecule has 1 N–H and O–H groups in total. The number of rotatable bonds is 4. The molecule has 1 aromatic carbocycles. The number of piperidine rings is 1. The van der Waals surface area contributed by atoms with Crippen LogP contribution in [0.4, 0.5) is 0 Å². The number of benzene rings is 1. The Hall–Kier alpha value is -2.47. The van der Waals surface area contributed by atoms with Crippen LogP contribution in [0.2, 0.25) is 0 Å². The molecule has 0 bridgehead atoms. The number of carbonyl (C=O) groups is 1. The van der Waals surface area contributed by atoms with Gasteiger partial charge in [-0.2, -0.15) is 0 Å². The zero-order valence-electron chi connectivity index (χ0n) is 13.1. The molecule has 120 valence electrons. The molecule has 0 saturated carbocycles. The van der Waals surface area contributed by atoms with Gasteiger partial charge >= 0.3 is 0 Å². The van der Waals surface area contributed by atoms with Crippen molar-refractivity contribution in [2.45, 2.75) is 18.9 Å². The average molecular weight is 312 g/mol. The van der Waals surface area contributed by atoms with Crippen molar-refractivity contribution in [3.05, 3.63) is 48.4 Å². The molecule has 1 fully saturated rings. The van der Waals surface area contributed by atoms with Gasteiger partial charge < -0.3 is 15.0 Å². The van der Waals surface area contributed by atoms with E-state index in [1.165, 1.54) is 6.20 Å². The first-order valence-corrected chi connectivity index (χ1v) is 7.77. The van der Waals surface area contributed by atoms with Gasteiger partial charge in [0.2, 0.25) is 5.88 Å². The molecule has 1 saturated heterocycles. The second-order valence-corrected chi connectivity index (χ2v) is 5.53.